The summed E-state index contributed by atoms with van der Waals surface area (Å²) < 4.78 is 37.1. The van der Waals surface area contributed by atoms with Gasteiger partial charge in [-0.2, -0.15) is 13.2 Å². The number of rotatable bonds is 0. The summed E-state index contributed by atoms with van der Waals surface area (Å²) in [7, 11) is 0. The minimum atomic E-state index is -4.49. The first-order chi connectivity index (χ1) is 7.38. The molecule has 1 aromatic carbocycles. The third-order valence-electron chi connectivity index (χ3n) is 1.89. The highest BCUT2D eigenvalue weighted by atomic mass is 35.5. The number of nitrogens with zero attached hydrogens (tertiary/aromatic N) is 3. The molecule has 0 unspecified atom stereocenters. The summed E-state index contributed by atoms with van der Waals surface area (Å²) >= 11 is 5.37. The Balaban J connectivity index is 2.71. The first kappa shape index (κ1) is 10.9. The lowest BCUT2D eigenvalue weighted by atomic mass is 10.2. The number of halogens is 4. The van der Waals surface area contributed by atoms with Gasteiger partial charge in [0.25, 0.3) is 10.8 Å². The van der Waals surface area contributed by atoms with Gasteiger partial charge in [-0.15, -0.1) is 0 Å². The Kier molecular flexibility index (Phi) is 2.34. The van der Waals surface area contributed by atoms with Gasteiger partial charge in [0, 0.05) is 11.2 Å². The second kappa shape index (κ2) is 3.44. The Morgan fingerprint density at radius 3 is 2.62 bits per heavy atom. The van der Waals surface area contributed by atoms with Gasteiger partial charge in [0.1, 0.15) is 5.52 Å². The summed E-state index contributed by atoms with van der Waals surface area (Å²) in [6.45, 7) is 0. The van der Waals surface area contributed by atoms with Gasteiger partial charge in [0.05, 0.1) is 5.56 Å². The van der Waals surface area contributed by atoms with Gasteiger partial charge in [0.15, 0.2) is 0 Å². The quantitative estimate of drug-likeness (QED) is 0.530. The summed E-state index contributed by atoms with van der Waals surface area (Å²) in [5.41, 5.74) is -1.11. The van der Waals surface area contributed by atoms with Crippen LogP contribution in [0.4, 0.5) is 13.2 Å². The molecule has 0 spiro atoms. The lowest BCUT2D eigenvalue weighted by Gasteiger charge is -2.06. The van der Waals surface area contributed by atoms with Crippen LogP contribution in [0.15, 0.2) is 18.2 Å². The first-order valence-electron chi connectivity index (χ1n) is 4.02. The maximum absolute atomic E-state index is 12.4. The van der Waals surface area contributed by atoms with Gasteiger partial charge in [-0.1, -0.05) is 0 Å². The molecule has 0 saturated carbocycles. The molecule has 84 valence electrons. The molecule has 0 saturated heterocycles. The molecule has 16 heavy (non-hydrogen) atoms. The molecular formula is C8H3ClF3N3O. The van der Waals surface area contributed by atoms with Gasteiger partial charge < -0.3 is 5.21 Å². The predicted octanol–water partition coefficient (Wildman–Crippen LogP) is 1.94. The maximum atomic E-state index is 12.4. The van der Waals surface area contributed by atoms with E-state index in [9.17, 15) is 18.4 Å². The molecule has 0 atom stereocenters. The third kappa shape index (κ3) is 1.85. The summed E-state index contributed by atoms with van der Waals surface area (Å²) in [6.07, 6.45) is -4.49. The largest absolute Gasteiger partial charge is 0.594 e. The Hall–Kier alpha value is -1.63. The minimum absolute atomic E-state index is 0.0719. The summed E-state index contributed by atoms with van der Waals surface area (Å²) in [5, 5.41) is 14.0. The van der Waals surface area contributed by atoms with Crippen LogP contribution in [-0.2, 0) is 6.18 Å². The smallest absolute Gasteiger partial charge is 0.416 e. The second-order valence-corrected chi connectivity index (χ2v) is 3.29. The van der Waals surface area contributed by atoms with E-state index >= 15 is 0 Å². The molecule has 0 bridgehead atoms. The van der Waals surface area contributed by atoms with Crippen LogP contribution in [0.3, 0.4) is 0 Å². The third-order valence-corrected chi connectivity index (χ3v) is 2.05. The average Bonchev–Trinajstić information content (AvgIpc) is 2.15. The Labute approximate surface area is 91.9 Å². The van der Waals surface area contributed by atoms with Crippen LogP contribution in [0, 0.1) is 5.21 Å². The summed E-state index contributed by atoms with van der Waals surface area (Å²) in [6, 6.07) is 2.53. The van der Waals surface area contributed by atoms with Crippen molar-refractivity contribution in [3.63, 3.8) is 0 Å². The van der Waals surface area contributed by atoms with Crippen molar-refractivity contribution in [2.45, 2.75) is 6.18 Å². The van der Waals surface area contributed by atoms with E-state index < -0.39 is 17.0 Å². The van der Waals surface area contributed by atoms with E-state index in [0.29, 0.717) is 0 Å². The van der Waals surface area contributed by atoms with E-state index in [4.69, 9.17) is 11.6 Å². The Morgan fingerprint density at radius 2 is 2.00 bits per heavy atom. The highest BCUT2D eigenvalue weighted by Crippen LogP contribution is 2.30. The van der Waals surface area contributed by atoms with Gasteiger partial charge in [-0.25, -0.2) is 4.98 Å². The molecule has 4 nitrogen and oxygen atoms in total. The molecule has 0 amide bonds. The van der Waals surface area contributed by atoms with Gasteiger partial charge in [-0.3, -0.25) is 0 Å². The van der Waals surface area contributed by atoms with E-state index in [0.717, 1.165) is 18.2 Å². The van der Waals surface area contributed by atoms with E-state index in [1.165, 1.54) is 0 Å². The maximum Gasteiger partial charge on any atom is 0.416 e. The number of hydrogen-bond acceptors (Lipinski definition) is 3. The molecule has 0 aliphatic heterocycles. The number of hydrogen-bond donors (Lipinski definition) is 0. The highest BCUT2D eigenvalue weighted by molar-refractivity contribution is 6.28. The van der Waals surface area contributed by atoms with Crippen LogP contribution >= 0.6 is 11.6 Å². The van der Waals surface area contributed by atoms with Crippen LogP contribution in [0.5, 0.6) is 0 Å². The molecule has 0 aliphatic rings. The number of benzene rings is 1. The van der Waals surface area contributed by atoms with Crippen LogP contribution < -0.4 is 4.85 Å². The van der Waals surface area contributed by atoms with Crippen molar-refractivity contribution in [2.75, 3.05) is 0 Å². The fourth-order valence-corrected chi connectivity index (χ4v) is 1.36. The molecule has 1 aromatic heterocycles. The standard InChI is InChI=1S/C8H3ClF3N3O/c9-7-13-5-3-4(8(10,11)12)1-2-6(5)15(16)14-7/h1-3H. The molecule has 0 N–H and O–H groups in total. The molecule has 8 heteroatoms. The molecule has 2 rings (SSSR count). The van der Waals surface area contributed by atoms with Gasteiger partial charge in [-0.05, 0) is 28.6 Å². The SMILES string of the molecule is [O-][n+]1nc(Cl)nc2cc(C(F)(F)F)ccc21. The lowest BCUT2D eigenvalue weighted by molar-refractivity contribution is -0.642. The fraction of sp³-hybridized carbons (Fsp3) is 0.125. The van der Waals surface area contributed by atoms with Crippen molar-refractivity contribution in [1.29, 1.82) is 0 Å². The average molecular weight is 250 g/mol. The molecule has 0 aliphatic carbocycles. The van der Waals surface area contributed by atoms with Crippen LogP contribution in [0.2, 0.25) is 5.28 Å². The van der Waals surface area contributed by atoms with Crippen molar-refractivity contribution in [2.24, 2.45) is 0 Å². The van der Waals surface area contributed by atoms with E-state index in [1.54, 1.807) is 0 Å². The first-order valence-corrected chi connectivity index (χ1v) is 4.40. The number of aromatic nitrogens is 3. The Bertz CT molecular complexity index is 558. The van der Waals surface area contributed by atoms with Gasteiger partial charge in [0.2, 0.25) is 0 Å². The molecule has 1 heterocycles. The van der Waals surface area contributed by atoms with Gasteiger partial charge >= 0.3 is 6.18 Å². The van der Waals surface area contributed by atoms with Crippen LogP contribution in [-0.4, -0.2) is 10.1 Å². The van der Waals surface area contributed by atoms with E-state index in [1.807, 2.05) is 0 Å². The van der Waals surface area contributed by atoms with Crippen LogP contribution in [0.25, 0.3) is 11.0 Å². The lowest BCUT2D eigenvalue weighted by Crippen LogP contribution is -2.32. The zero-order chi connectivity index (χ0) is 11.9. The molecule has 0 fully saturated rings. The summed E-state index contributed by atoms with van der Waals surface area (Å²) in [5.74, 6) is 0. The molecular weight excluding hydrogens is 247 g/mol. The predicted molar refractivity (Wildman–Crippen MR) is 48.5 cm³/mol. The van der Waals surface area contributed by atoms with Crippen LogP contribution in [0.1, 0.15) is 5.56 Å². The molecule has 2 aromatic rings. The minimum Gasteiger partial charge on any atom is -0.594 e. The van der Waals surface area contributed by atoms with Crippen molar-refractivity contribution in [3.05, 3.63) is 34.3 Å². The monoisotopic (exact) mass is 249 g/mol. The summed E-state index contributed by atoms with van der Waals surface area (Å²) in [4.78, 5) is 3.67. The number of fused-ring (bicyclic) bond motifs is 1. The topological polar surface area (TPSA) is 52.7 Å². The van der Waals surface area contributed by atoms with Crippen molar-refractivity contribution in [3.8, 4) is 0 Å². The zero-order valence-corrected chi connectivity index (χ0v) is 8.25. The molecule has 0 radical (unpaired) electrons. The Morgan fingerprint density at radius 1 is 1.31 bits per heavy atom. The van der Waals surface area contributed by atoms with E-state index in [-0.39, 0.29) is 15.9 Å². The normalized spacial score (nSPS) is 12.0. The fourth-order valence-electron chi connectivity index (χ4n) is 1.20. The van der Waals surface area contributed by atoms with E-state index in [2.05, 4.69) is 10.1 Å². The zero-order valence-electron chi connectivity index (χ0n) is 7.49. The highest BCUT2D eigenvalue weighted by Gasteiger charge is 2.31. The second-order valence-electron chi connectivity index (χ2n) is 2.96. The van der Waals surface area contributed by atoms with Crippen molar-refractivity contribution >= 4 is 22.6 Å². The van der Waals surface area contributed by atoms with Crippen molar-refractivity contribution in [1.82, 2.24) is 10.1 Å². The number of alkyl halides is 3. The van der Waals surface area contributed by atoms with Crippen molar-refractivity contribution < 1.29 is 18.0 Å².